The molecule has 2 atom stereocenters. The number of rotatable bonds is 5. The van der Waals surface area contributed by atoms with Crippen molar-refractivity contribution in [3.63, 3.8) is 0 Å². The lowest BCUT2D eigenvalue weighted by Crippen LogP contribution is -2.39. The number of hydrogen-bond acceptors (Lipinski definition) is 3. The van der Waals surface area contributed by atoms with E-state index in [1.165, 1.54) is 5.56 Å². The number of carbonyl (C=O) groups is 1. The summed E-state index contributed by atoms with van der Waals surface area (Å²) in [5.74, 6) is 1.56. The van der Waals surface area contributed by atoms with Crippen LogP contribution >= 0.6 is 0 Å². The first-order valence-corrected chi connectivity index (χ1v) is 9.28. The Kier molecular flexibility index (Phi) is 4.41. The molecule has 1 spiro atoms. The van der Waals surface area contributed by atoms with Crippen molar-refractivity contribution in [1.82, 2.24) is 19.4 Å². The molecule has 3 heterocycles. The molecule has 1 aromatic carbocycles. The maximum atomic E-state index is 13.3. The number of likely N-dealkylation sites (tertiary alicyclic amines) is 2. The minimum absolute atomic E-state index is 0.228. The zero-order valence-electron chi connectivity index (χ0n) is 15.3. The van der Waals surface area contributed by atoms with Crippen LogP contribution in [0.1, 0.15) is 23.7 Å². The van der Waals surface area contributed by atoms with Gasteiger partial charge in [0, 0.05) is 51.5 Å². The fourth-order valence-corrected chi connectivity index (χ4v) is 4.64. The van der Waals surface area contributed by atoms with E-state index in [1.807, 2.05) is 36.5 Å². The second-order valence-corrected chi connectivity index (χ2v) is 7.53. The maximum absolute atomic E-state index is 13.3. The maximum Gasteiger partial charge on any atom is 0.231 e. The molecule has 26 heavy (non-hydrogen) atoms. The molecule has 136 valence electrons. The van der Waals surface area contributed by atoms with Crippen molar-refractivity contribution in [3.05, 3.63) is 66.8 Å². The van der Waals surface area contributed by atoms with Crippen LogP contribution in [0.4, 0.5) is 0 Å². The molecule has 0 aliphatic carbocycles. The second kappa shape index (κ2) is 6.72. The van der Waals surface area contributed by atoms with Gasteiger partial charge in [0.05, 0.1) is 12.0 Å². The van der Waals surface area contributed by atoms with E-state index in [0.717, 1.165) is 38.4 Å². The number of carbonyl (C=O) groups excluding carboxylic acids is 1. The Bertz CT molecular complexity index is 799. The van der Waals surface area contributed by atoms with E-state index < -0.39 is 0 Å². The third kappa shape index (κ3) is 2.76. The van der Waals surface area contributed by atoms with Gasteiger partial charge in [0.15, 0.2) is 0 Å². The van der Waals surface area contributed by atoms with Crippen LogP contribution in [0.5, 0.6) is 0 Å². The minimum Gasteiger partial charge on any atom is -0.338 e. The van der Waals surface area contributed by atoms with Crippen molar-refractivity contribution in [2.24, 2.45) is 12.5 Å². The quantitative estimate of drug-likeness (QED) is 0.778. The zero-order chi connectivity index (χ0) is 18.1. The fourth-order valence-electron chi connectivity index (χ4n) is 4.64. The third-order valence-electron chi connectivity index (χ3n) is 5.99. The van der Waals surface area contributed by atoms with E-state index in [0.29, 0.717) is 6.54 Å². The summed E-state index contributed by atoms with van der Waals surface area (Å²) in [6.07, 6.45) is 6.55. The topological polar surface area (TPSA) is 41.4 Å². The number of benzene rings is 1. The summed E-state index contributed by atoms with van der Waals surface area (Å²) in [7, 11) is 2.02. The van der Waals surface area contributed by atoms with Gasteiger partial charge in [-0.05, 0) is 12.0 Å². The summed E-state index contributed by atoms with van der Waals surface area (Å²) in [6, 6.07) is 10.5. The highest BCUT2D eigenvalue weighted by Crippen LogP contribution is 2.50. The smallest absolute Gasteiger partial charge is 0.231 e. The number of aryl methyl sites for hydroxylation is 1. The molecule has 5 heteroatoms. The van der Waals surface area contributed by atoms with Crippen LogP contribution in [0.3, 0.4) is 0 Å². The second-order valence-electron chi connectivity index (χ2n) is 7.53. The number of aromatic nitrogens is 2. The number of imidazole rings is 1. The minimum atomic E-state index is -0.324. The average molecular weight is 350 g/mol. The molecule has 0 saturated carbocycles. The van der Waals surface area contributed by atoms with Crippen LogP contribution in [-0.2, 0) is 18.4 Å². The van der Waals surface area contributed by atoms with Crippen molar-refractivity contribution < 1.29 is 4.79 Å². The number of amides is 1. The Labute approximate surface area is 154 Å². The first kappa shape index (κ1) is 17.0. The summed E-state index contributed by atoms with van der Waals surface area (Å²) in [5, 5.41) is 0. The van der Waals surface area contributed by atoms with Crippen molar-refractivity contribution in [1.29, 1.82) is 0 Å². The zero-order valence-corrected chi connectivity index (χ0v) is 15.3. The lowest BCUT2D eigenvalue weighted by molar-refractivity contribution is -0.135. The van der Waals surface area contributed by atoms with Gasteiger partial charge >= 0.3 is 0 Å². The van der Waals surface area contributed by atoms with Crippen molar-refractivity contribution in [2.75, 3.05) is 26.2 Å². The Morgan fingerprint density at radius 2 is 2.15 bits per heavy atom. The first-order chi connectivity index (χ1) is 12.6. The summed E-state index contributed by atoms with van der Waals surface area (Å²) in [5.41, 5.74) is 0.943. The molecular formula is C21H26N4O. The largest absolute Gasteiger partial charge is 0.338 e. The number of hydrogen-bond donors (Lipinski definition) is 0. The van der Waals surface area contributed by atoms with Crippen LogP contribution in [-0.4, -0.2) is 51.4 Å². The van der Waals surface area contributed by atoms with E-state index in [-0.39, 0.29) is 17.2 Å². The molecule has 2 aromatic rings. The molecule has 2 saturated heterocycles. The molecule has 1 aromatic heterocycles. The van der Waals surface area contributed by atoms with Crippen LogP contribution in [0.2, 0.25) is 0 Å². The van der Waals surface area contributed by atoms with Crippen LogP contribution in [0.25, 0.3) is 0 Å². The highest BCUT2D eigenvalue weighted by Gasteiger charge is 2.56. The van der Waals surface area contributed by atoms with Gasteiger partial charge in [0.1, 0.15) is 5.82 Å². The van der Waals surface area contributed by atoms with Crippen LogP contribution in [0, 0.1) is 5.41 Å². The molecule has 2 aliphatic heterocycles. The van der Waals surface area contributed by atoms with E-state index in [2.05, 4.69) is 45.3 Å². The molecular weight excluding hydrogens is 324 g/mol. The average Bonchev–Trinajstić information content (AvgIpc) is 3.31. The Balaban J connectivity index is 1.65. The lowest BCUT2D eigenvalue weighted by atomic mass is 9.73. The van der Waals surface area contributed by atoms with E-state index in [9.17, 15) is 4.79 Å². The highest BCUT2D eigenvalue weighted by atomic mass is 16.2. The Morgan fingerprint density at radius 1 is 1.35 bits per heavy atom. The molecule has 5 nitrogen and oxygen atoms in total. The van der Waals surface area contributed by atoms with Crippen molar-refractivity contribution in [3.8, 4) is 0 Å². The molecule has 1 amide bonds. The monoisotopic (exact) mass is 350 g/mol. The summed E-state index contributed by atoms with van der Waals surface area (Å²) in [4.78, 5) is 22.2. The van der Waals surface area contributed by atoms with Crippen molar-refractivity contribution in [2.45, 2.75) is 18.9 Å². The molecule has 0 radical (unpaired) electrons. The predicted molar refractivity (Wildman–Crippen MR) is 101 cm³/mol. The SMILES string of the molecule is C=CCN1CC[C@]2(CN(Cc3nccn3C)C[C@H]2c2ccccc2)C1=O. The Morgan fingerprint density at radius 3 is 2.85 bits per heavy atom. The highest BCUT2D eigenvalue weighted by molar-refractivity contribution is 5.87. The molecule has 0 bridgehead atoms. The van der Waals surface area contributed by atoms with Crippen molar-refractivity contribution >= 4 is 5.91 Å². The summed E-state index contributed by atoms with van der Waals surface area (Å²) >= 11 is 0. The Hall–Kier alpha value is -2.40. The van der Waals surface area contributed by atoms with E-state index >= 15 is 0 Å². The summed E-state index contributed by atoms with van der Waals surface area (Å²) < 4.78 is 2.06. The normalized spacial score (nSPS) is 26.1. The molecule has 2 aliphatic rings. The van der Waals surface area contributed by atoms with Gasteiger partial charge in [-0.1, -0.05) is 36.4 Å². The standard InChI is InChI=1S/C21H26N4O/c1-3-11-25-12-9-21(20(25)26)16-24(15-19-22-10-13-23(19)2)14-18(21)17-7-5-4-6-8-17/h3-8,10,13,18H,1,9,11-12,14-16H2,2H3/t18-,21+/m0/s1. The first-order valence-electron chi connectivity index (χ1n) is 9.28. The molecule has 4 rings (SSSR count). The van der Waals surface area contributed by atoms with Crippen LogP contribution in [0.15, 0.2) is 55.4 Å². The van der Waals surface area contributed by atoms with E-state index in [1.54, 1.807) is 0 Å². The van der Waals surface area contributed by atoms with Gasteiger partial charge in [0.2, 0.25) is 5.91 Å². The fraction of sp³-hybridized carbons (Fsp3) is 0.429. The van der Waals surface area contributed by atoms with E-state index in [4.69, 9.17) is 0 Å². The van der Waals surface area contributed by atoms with Gasteiger partial charge < -0.3 is 9.47 Å². The summed E-state index contributed by atoms with van der Waals surface area (Å²) in [6.45, 7) is 7.75. The number of nitrogens with zero attached hydrogens (tertiary/aromatic N) is 4. The predicted octanol–water partition coefficient (Wildman–Crippen LogP) is 2.42. The van der Waals surface area contributed by atoms with Gasteiger partial charge in [0.25, 0.3) is 0 Å². The van der Waals surface area contributed by atoms with Gasteiger partial charge in [-0.15, -0.1) is 6.58 Å². The molecule has 2 fully saturated rings. The molecule has 0 N–H and O–H groups in total. The van der Waals surface area contributed by atoms with Gasteiger partial charge in [-0.25, -0.2) is 4.98 Å². The molecule has 0 unspecified atom stereocenters. The van der Waals surface area contributed by atoms with Crippen LogP contribution < -0.4 is 0 Å². The van der Waals surface area contributed by atoms with Gasteiger partial charge in [-0.2, -0.15) is 0 Å². The van der Waals surface area contributed by atoms with Gasteiger partial charge in [-0.3, -0.25) is 9.69 Å². The lowest BCUT2D eigenvalue weighted by Gasteiger charge is -2.29. The third-order valence-corrected chi connectivity index (χ3v) is 5.99.